The van der Waals surface area contributed by atoms with Gasteiger partial charge in [-0.25, -0.2) is 8.42 Å². The minimum atomic E-state index is -2.96. The van der Waals surface area contributed by atoms with E-state index in [1.807, 2.05) is 0 Å². The molecule has 2 heterocycles. The number of ether oxygens (including phenoxy) is 3. The van der Waals surface area contributed by atoms with Crippen LogP contribution in [-0.4, -0.2) is 63.9 Å². The molecule has 1 aromatic heterocycles. The van der Waals surface area contributed by atoms with E-state index in [0.29, 0.717) is 41.5 Å². The fourth-order valence-corrected chi connectivity index (χ4v) is 5.04. The van der Waals surface area contributed by atoms with Crippen molar-refractivity contribution in [3.8, 4) is 28.5 Å². The summed E-state index contributed by atoms with van der Waals surface area (Å²) in [5.41, 5.74) is 1.50. The van der Waals surface area contributed by atoms with Crippen LogP contribution >= 0.6 is 0 Å². The van der Waals surface area contributed by atoms with Crippen molar-refractivity contribution in [2.24, 2.45) is 5.92 Å². The number of rotatable bonds is 7. The number of nitrogens with zero attached hydrogens (tertiary/aromatic N) is 1. The third-order valence-electron chi connectivity index (χ3n) is 4.66. The standard InChI is InChI=1S/C18H23N3O6S/c1-25-15-6-12(7-16(26-2)17(15)27-3)13-8-14(21-20-13)18(22)19-9-11-4-5-28(23,24)10-11/h6-8,11H,4-5,9-10H2,1-3H3,(H,19,22)(H,20,21). The molecule has 1 fully saturated rings. The fraction of sp³-hybridized carbons (Fsp3) is 0.444. The molecular weight excluding hydrogens is 386 g/mol. The molecule has 0 radical (unpaired) electrons. The summed E-state index contributed by atoms with van der Waals surface area (Å²) in [7, 11) is 1.60. The lowest BCUT2D eigenvalue weighted by atomic mass is 10.1. The van der Waals surface area contributed by atoms with Crippen LogP contribution in [0.3, 0.4) is 0 Å². The topological polar surface area (TPSA) is 120 Å². The summed E-state index contributed by atoms with van der Waals surface area (Å²) in [5.74, 6) is 1.34. The van der Waals surface area contributed by atoms with Crippen molar-refractivity contribution in [2.45, 2.75) is 6.42 Å². The van der Waals surface area contributed by atoms with Gasteiger partial charge in [-0.15, -0.1) is 0 Å². The van der Waals surface area contributed by atoms with E-state index in [2.05, 4.69) is 15.5 Å². The van der Waals surface area contributed by atoms with Crippen LogP contribution in [0, 0.1) is 5.92 Å². The number of H-pyrrole nitrogens is 1. The second-order valence-electron chi connectivity index (χ2n) is 6.56. The summed E-state index contributed by atoms with van der Waals surface area (Å²) in [4.78, 5) is 12.4. The molecule has 152 valence electrons. The molecule has 3 rings (SSSR count). The number of amides is 1. The van der Waals surface area contributed by atoms with E-state index in [1.165, 1.54) is 21.3 Å². The number of methoxy groups -OCH3 is 3. The molecular formula is C18H23N3O6S. The smallest absolute Gasteiger partial charge is 0.269 e. The second-order valence-corrected chi connectivity index (χ2v) is 8.79. The highest BCUT2D eigenvalue weighted by Crippen LogP contribution is 2.40. The van der Waals surface area contributed by atoms with E-state index >= 15 is 0 Å². The van der Waals surface area contributed by atoms with Gasteiger partial charge in [0.1, 0.15) is 5.69 Å². The van der Waals surface area contributed by atoms with Crippen molar-refractivity contribution >= 4 is 15.7 Å². The molecule has 1 aliphatic rings. The zero-order valence-corrected chi connectivity index (χ0v) is 16.8. The molecule has 2 N–H and O–H groups in total. The van der Waals surface area contributed by atoms with E-state index < -0.39 is 9.84 Å². The normalized spacial score (nSPS) is 17.9. The first-order chi connectivity index (χ1) is 13.4. The van der Waals surface area contributed by atoms with E-state index in [4.69, 9.17) is 14.2 Å². The Kier molecular flexibility index (Phi) is 5.78. The molecule has 1 aromatic carbocycles. The predicted octanol–water partition coefficient (Wildman–Crippen LogP) is 1.27. The van der Waals surface area contributed by atoms with Gasteiger partial charge in [0.05, 0.1) is 38.5 Å². The molecule has 0 bridgehead atoms. The highest BCUT2D eigenvalue weighted by Gasteiger charge is 2.28. The first-order valence-corrected chi connectivity index (χ1v) is 10.5. The van der Waals surface area contributed by atoms with E-state index in [9.17, 15) is 13.2 Å². The van der Waals surface area contributed by atoms with Gasteiger partial charge in [0.2, 0.25) is 5.75 Å². The number of benzene rings is 1. The van der Waals surface area contributed by atoms with E-state index in [1.54, 1.807) is 18.2 Å². The van der Waals surface area contributed by atoms with Crippen molar-refractivity contribution in [2.75, 3.05) is 39.4 Å². The molecule has 9 nitrogen and oxygen atoms in total. The van der Waals surface area contributed by atoms with E-state index in [0.717, 1.165) is 0 Å². The van der Waals surface area contributed by atoms with Gasteiger partial charge in [-0.05, 0) is 30.5 Å². The molecule has 1 aliphatic heterocycles. The Balaban J connectivity index is 1.74. The number of carbonyl (C=O) groups is 1. The number of hydrogen-bond donors (Lipinski definition) is 2. The summed E-state index contributed by atoms with van der Waals surface area (Å²) in [6, 6.07) is 5.09. The van der Waals surface area contributed by atoms with Crippen LogP contribution in [0.5, 0.6) is 17.2 Å². The first-order valence-electron chi connectivity index (χ1n) is 8.71. The highest BCUT2D eigenvalue weighted by molar-refractivity contribution is 7.91. The summed E-state index contributed by atoms with van der Waals surface area (Å²) in [6.07, 6.45) is 0.572. The van der Waals surface area contributed by atoms with Gasteiger partial charge < -0.3 is 19.5 Å². The van der Waals surface area contributed by atoms with Crippen LogP contribution in [0.25, 0.3) is 11.3 Å². The Morgan fingerprint density at radius 3 is 2.39 bits per heavy atom. The quantitative estimate of drug-likeness (QED) is 0.706. The van der Waals surface area contributed by atoms with Gasteiger partial charge in [0.15, 0.2) is 21.3 Å². The summed E-state index contributed by atoms with van der Waals surface area (Å²) < 4.78 is 39.0. The van der Waals surface area contributed by atoms with Gasteiger partial charge in [-0.3, -0.25) is 9.89 Å². The van der Waals surface area contributed by atoms with Crippen molar-refractivity contribution in [3.63, 3.8) is 0 Å². The Morgan fingerprint density at radius 2 is 1.86 bits per heavy atom. The average Bonchev–Trinajstić information content (AvgIpc) is 3.31. The maximum Gasteiger partial charge on any atom is 0.269 e. The van der Waals surface area contributed by atoms with Crippen molar-refractivity contribution in [1.82, 2.24) is 15.5 Å². The minimum absolute atomic E-state index is 0.0496. The number of hydrogen-bond acceptors (Lipinski definition) is 7. The molecule has 1 amide bonds. The number of aromatic nitrogens is 2. The average molecular weight is 409 g/mol. The third kappa shape index (κ3) is 4.22. The SMILES string of the molecule is COc1cc(-c2cc(C(=O)NCC3CCS(=O)(=O)C3)[nH]n2)cc(OC)c1OC. The summed E-state index contributed by atoms with van der Waals surface area (Å²) in [5, 5.41) is 9.65. The summed E-state index contributed by atoms with van der Waals surface area (Å²) in [6.45, 7) is 0.316. The highest BCUT2D eigenvalue weighted by atomic mass is 32.2. The predicted molar refractivity (Wildman–Crippen MR) is 103 cm³/mol. The molecule has 0 aliphatic carbocycles. The van der Waals surface area contributed by atoms with E-state index in [-0.39, 0.29) is 29.0 Å². The van der Waals surface area contributed by atoms with Crippen LogP contribution in [0.1, 0.15) is 16.9 Å². The van der Waals surface area contributed by atoms with Gasteiger partial charge >= 0.3 is 0 Å². The van der Waals surface area contributed by atoms with Crippen LogP contribution in [0.4, 0.5) is 0 Å². The van der Waals surface area contributed by atoms with Crippen LogP contribution in [0.15, 0.2) is 18.2 Å². The monoisotopic (exact) mass is 409 g/mol. The maximum atomic E-state index is 12.4. The van der Waals surface area contributed by atoms with Crippen molar-refractivity contribution < 1.29 is 27.4 Å². The minimum Gasteiger partial charge on any atom is -0.493 e. The molecule has 1 unspecified atom stereocenters. The zero-order valence-electron chi connectivity index (χ0n) is 15.9. The number of nitrogens with one attached hydrogen (secondary N) is 2. The largest absolute Gasteiger partial charge is 0.493 e. The van der Waals surface area contributed by atoms with Crippen molar-refractivity contribution in [1.29, 1.82) is 0 Å². The van der Waals surface area contributed by atoms with Crippen molar-refractivity contribution in [3.05, 3.63) is 23.9 Å². The molecule has 1 saturated heterocycles. The Bertz CT molecular complexity index is 944. The molecule has 0 saturated carbocycles. The number of carbonyl (C=O) groups excluding carboxylic acids is 1. The molecule has 2 aromatic rings. The lowest BCUT2D eigenvalue weighted by Gasteiger charge is -2.13. The lowest BCUT2D eigenvalue weighted by Crippen LogP contribution is -2.30. The lowest BCUT2D eigenvalue weighted by molar-refractivity contribution is 0.0943. The van der Waals surface area contributed by atoms with Crippen LogP contribution in [-0.2, 0) is 9.84 Å². The second kappa shape index (κ2) is 8.09. The third-order valence-corrected chi connectivity index (χ3v) is 6.50. The Hall–Kier alpha value is -2.75. The molecule has 1 atom stereocenters. The van der Waals surface area contributed by atoms with Gasteiger partial charge in [-0.2, -0.15) is 5.10 Å². The maximum absolute atomic E-state index is 12.4. The van der Waals surface area contributed by atoms with Gasteiger partial charge in [0, 0.05) is 12.1 Å². The molecule has 0 spiro atoms. The number of aromatic amines is 1. The Morgan fingerprint density at radius 1 is 1.18 bits per heavy atom. The van der Waals surface area contributed by atoms with Crippen LogP contribution in [0.2, 0.25) is 0 Å². The van der Waals surface area contributed by atoms with Gasteiger partial charge in [0.25, 0.3) is 5.91 Å². The zero-order chi connectivity index (χ0) is 20.3. The van der Waals surface area contributed by atoms with Gasteiger partial charge in [-0.1, -0.05) is 0 Å². The Labute approximate surface area is 163 Å². The van der Waals surface area contributed by atoms with Crippen LogP contribution < -0.4 is 19.5 Å². The summed E-state index contributed by atoms with van der Waals surface area (Å²) >= 11 is 0. The fourth-order valence-electron chi connectivity index (χ4n) is 3.18. The molecule has 10 heteroatoms. The molecule has 28 heavy (non-hydrogen) atoms. The number of sulfone groups is 1. The first kappa shape index (κ1) is 20.0.